The highest BCUT2D eigenvalue weighted by Crippen LogP contribution is 2.83. The lowest BCUT2D eigenvalue weighted by molar-refractivity contribution is -0.111. The van der Waals surface area contributed by atoms with Gasteiger partial charge < -0.3 is 20.3 Å². The molecule has 1 aromatic heterocycles. The van der Waals surface area contributed by atoms with Gasteiger partial charge in [0.15, 0.2) is 0 Å². The van der Waals surface area contributed by atoms with E-state index >= 15 is 0 Å². The molecule has 1 heterocycles. The van der Waals surface area contributed by atoms with Gasteiger partial charge >= 0.3 is 0 Å². The predicted octanol–water partition coefficient (Wildman–Crippen LogP) is 6.75. The largest absolute Gasteiger partial charge is 0.494 e. The van der Waals surface area contributed by atoms with Gasteiger partial charge in [0.2, 0.25) is 11.9 Å². The Balaban J connectivity index is 1.49. The Kier molecular flexibility index (Phi) is 6.93. The minimum absolute atomic E-state index is 0.171. The number of carbonyl (C=O) groups is 1. The van der Waals surface area contributed by atoms with Crippen LogP contribution in [0.2, 0.25) is 0 Å². The maximum absolute atomic E-state index is 12.4. The number of aromatic nitrogens is 2. The summed E-state index contributed by atoms with van der Waals surface area (Å²) in [5, 5.41) is 6.33. The first kappa shape index (κ1) is 26.5. The van der Waals surface area contributed by atoms with Crippen molar-refractivity contribution in [1.82, 2.24) is 9.97 Å². The van der Waals surface area contributed by atoms with E-state index in [0.29, 0.717) is 28.5 Å². The summed E-state index contributed by atoms with van der Waals surface area (Å²) in [5.41, 5.74) is 7.14. The molecular weight excluding hydrogens is 486 g/mol. The number of fused-ring (bicyclic) bond motifs is 1. The van der Waals surface area contributed by atoms with E-state index in [2.05, 4.69) is 72.3 Å². The fraction of sp³-hybridized carbons (Fsp3) is 0.344. The summed E-state index contributed by atoms with van der Waals surface area (Å²) in [7, 11) is 3.75. The van der Waals surface area contributed by atoms with Crippen LogP contribution in [-0.4, -0.2) is 35.6 Å². The first-order valence-electron chi connectivity index (χ1n) is 13.6. The number of nitrogens with one attached hydrogen (secondary N) is 2. The fourth-order valence-corrected chi connectivity index (χ4v) is 6.00. The molecule has 2 aromatic carbocycles. The minimum Gasteiger partial charge on any atom is -0.494 e. The highest BCUT2D eigenvalue weighted by atomic mass is 16.5. The molecule has 5 rings (SSSR count). The Labute approximate surface area is 231 Å². The van der Waals surface area contributed by atoms with Gasteiger partial charge in [-0.05, 0) is 67.4 Å². The van der Waals surface area contributed by atoms with Gasteiger partial charge in [0.05, 0.1) is 29.9 Å². The van der Waals surface area contributed by atoms with Crippen molar-refractivity contribution >= 4 is 34.5 Å². The lowest BCUT2D eigenvalue weighted by Crippen LogP contribution is -2.28. The number of rotatable bonds is 11. The smallest absolute Gasteiger partial charge is 0.247 e. The van der Waals surface area contributed by atoms with Crippen molar-refractivity contribution in [2.24, 2.45) is 5.41 Å². The molecule has 0 unspecified atom stereocenters. The van der Waals surface area contributed by atoms with Crippen LogP contribution in [0, 0.1) is 5.41 Å². The Morgan fingerprint density at radius 3 is 2.59 bits per heavy atom. The number of carbonyl (C=O) groups excluding carboxylic acids is 1. The van der Waals surface area contributed by atoms with Crippen LogP contribution in [-0.2, 0) is 11.2 Å². The molecule has 2 fully saturated rings. The van der Waals surface area contributed by atoms with Gasteiger partial charge in [-0.1, -0.05) is 50.8 Å². The summed E-state index contributed by atoms with van der Waals surface area (Å²) in [6.07, 6.45) is 9.57. The van der Waals surface area contributed by atoms with Crippen molar-refractivity contribution in [3.63, 3.8) is 0 Å². The maximum Gasteiger partial charge on any atom is 0.247 e. The standard InChI is InChI=1S/C32H37N5O2/c1-7-21-13-11-12-14-23(21)22(8-2)24-15-16-33-30(35-24)36-26-17-25(34-29(38)9-3)27(18-28(26)39-6)37(5)32-19-31(32,10-4)20-32/h8-9,11-18H,3,7,10,19-20H2,1-2,4-6H3,(H,34,38)(H,33,35,36)/b22-8+. The van der Waals surface area contributed by atoms with E-state index in [1.807, 2.05) is 31.2 Å². The number of anilines is 4. The van der Waals surface area contributed by atoms with Gasteiger partial charge in [-0.25, -0.2) is 9.97 Å². The molecule has 1 amide bonds. The lowest BCUT2D eigenvalue weighted by Gasteiger charge is -2.27. The zero-order valence-corrected chi connectivity index (χ0v) is 23.5. The molecular formula is C32H37N5O2. The molecule has 2 N–H and O–H groups in total. The van der Waals surface area contributed by atoms with Crippen LogP contribution in [0.5, 0.6) is 5.75 Å². The molecule has 0 saturated heterocycles. The first-order chi connectivity index (χ1) is 18.8. The summed E-state index contributed by atoms with van der Waals surface area (Å²) >= 11 is 0. The average Bonchev–Trinajstić information content (AvgIpc) is 3.81. The lowest BCUT2D eigenvalue weighted by atomic mass is 9.95. The van der Waals surface area contributed by atoms with Crippen molar-refractivity contribution in [2.75, 3.05) is 29.7 Å². The van der Waals surface area contributed by atoms with E-state index in [1.54, 1.807) is 13.3 Å². The molecule has 0 bridgehead atoms. The molecule has 0 radical (unpaired) electrons. The second kappa shape index (κ2) is 10.2. The van der Waals surface area contributed by atoms with Crippen LogP contribution in [0.15, 0.2) is 67.4 Å². The molecule has 0 spiro atoms. The first-order valence-corrected chi connectivity index (χ1v) is 13.6. The van der Waals surface area contributed by atoms with Gasteiger partial charge in [-0.2, -0.15) is 0 Å². The van der Waals surface area contributed by atoms with Crippen molar-refractivity contribution < 1.29 is 9.53 Å². The van der Waals surface area contributed by atoms with Gasteiger partial charge in [0.1, 0.15) is 5.75 Å². The molecule has 0 atom stereocenters. The highest BCUT2D eigenvalue weighted by Gasteiger charge is 2.84. The van der Waals surface area contributed by atoms with Crippen LogP contribution >= 0.6 is 0 Å². The number of amides is 1. The SMILES string of the molecule is C=CC(=O)Nc1cc(Nc2nccc(/C(=C/C)c3ccccc3CC)n2)c(OC)cc1N(C)C12CC1(CC)C2. The van der Waals surface area contributed by atoms with Crippen LogP contribution in [0.4, 0.5) is 23.0 Å². The summed E-state index contributed by atoms with van der Waals surface area (Å²) in [5.74, 6) is 0.816. The van der Waals surface area contributed by atoms with Crippen LogP contribution in [0.25, 0.3) is 5.57 Å². The topological polar surface area (TPSA) is 79.4 Å². The van der Waals surface area contributed by atoms with Crippen molar-refractivity contribution in [2.45, 2.75) is 52.0 Å². The van der Waals surface area contributed by atoms with Crippen LogP contribution in [0.1, 0.15) is 56.9 Å². The Hall–Kier alpha value is -4.13. The number of hydrogen-bond donors (Lipinski definition) is 2. The van der Waals surface area contributed by atoms with Crippen molar-refractivity contribution in [3.05, 3.63) is 84.2 Å². The van der Waals surface area contributed by atoms with E-state index in [0.717, 1.165) is 35.4 Å². The molecule has 7 nitrogen and oxygen atoms in total. The molecule has 3 aromatic rings. The van der Waals surface area contributed by atoms with Crippen LogP contribution in [0.3, 0.4) is 0 Å². The normalized spacial score (nSPS) is 21.0. The third-order valence-corrected chi connectivity index (χ3v) is 8.60. The third-order valence-electron chi connectivity index (χ3n) is 8.60. The number of benzene rings is 2. The van der Waals surface area contributed by atoms with E-state index in [-0.39, 0.29) is 11.4 Å². The summed E-state index contributed by atoms with van der Waals surface area (Å²) in [6.45, 7) is 10.1. The van der Waals surface area contributed by atoms with E-state index in [1.165, 1.54) is 24.5 Å². The average molecular weight is 524 g/mol. The number of aryl methyl sites for hydroxylation is 1. The monoisotopic (exact) mass is 523 g/mol. The van der Waals surface area contributed by atoms with Crippen LogP contribution < -0.4 is 20.3 Å². The van der Waals surface area contributed by atoms with Gasteiger partial charge in [0, 0.05) is 30.4 Å². The summed E-state index contributed by atoms with van der Waals surface area (Å²) < 4.78 is 5.80. The van der Waals surface area contributed by atoms with Gasteiger partial charge in [0.25, 0.3) is 0 Å². The van der Waals surface area contributed by atoms with Crippen molar-refractivity contribution in [3.8, 4) is 5.75 Å². The van der Waals surface area contributed by atoms with E-state index in [4.69, 9.17) is 9.72 Å². The molecule has 2 aliphatic carbocycles. The van der Waals surface area contributed by atoms with Crippen molar-refractivity contribution in [1.29, 1.82) is 0 Å². The second-order valence-electron chi connectivity index (χ2n) is 10.4. The maximum atomic E-state index is 12.4. The molecule has 2 saturated carbocycles. The quantitative estimate of drug-likeness (QED) is 0.271. The molecule has 0 aliphatic heterocycles. The number of hydrogen-bond acceptors (Lipinski definition) is 6. The van der Waals surface area contributed by atoms with E-state index in [9.17, 15) is 4.79 Å². The Morgan fingerprint density at radius 1 is 1.18 bits per heavy atom. The summed E-state index contributed by atoms with van der Waals surface area (Å²) in [4.78, 5) is 24.0. The summed E-state index contributed by atoms with van der Waals surface area (Å²) in [6, 6.07) is 14.2. The number of allylic oxidation sites excluding steroid dienone is 1. The number of ether oxygens (including phenoxy) is 1. The Morgan fingerprint density at radius 2 is 1.95 bits per heavy atom. The van der Waals surface area contributed by atoms with E-state index < -0.39 is 0 Å². The predicted molar refractivity (Wildman–Crippen MR) is 159 cm³/mol. The van der Waals surface area contributed by atoms with Gasteiger partial charge in [-0.15, -0.1) is 0 Å². The number of nitrogens with zero attached hydrogens (tertiary/aromatic N) is 3. The highest BCUT2D eigenvalue weighted by molar-refractivity contribution is 6.02. The van der Waals surface area contributed by atoms with Gasteiger partial charge in [-0.3, -0.25) is 4.79 Å². The molecule has 39 heavy (non-hydrogen) atoms. The third kappa shape index (κ3) is 4.56. The zero-order valence-electron chi connectivity index (χ0n) is 23.5. The number of methoxy groups -OCH3 is 1. The second-order valence-corrected chi connectivity index (χ2v) is 10.4. The minimum atomic E-state index is -0.267. The Bertz CT molecular complexity index is 1450. The fourth-order valence-electron chi connectivity index (χ4n) is 6.00. The molecule has 2 aliphatic rings. The molecule has 202 valence electrons. The molecule has 7 heteroatoms. The zero-order chi connectivity index (χ0) is 27.8.